The molecule has 0 spiro atoms. The van der Waals surface area contributed by atoms with Gasteiger partial charge in [0.15, 0.2) is 0 Å². The molecule has 3 aliphatic carbocycles. The molecule has 0 bridgehead atoms. The number of allylic oxidation sites excluding steroid dienone is 1. The van der Waals surface area contributed by atoms with Gasteiger partial charge in [-0.25, -0.2) is 0 Å². The van der Waals surface area contributed by atoms with Crippen molar-refractivity contribution >= 4 is 0 Å². The van der Waals surface area contributed by atoms with Gasteiger partial charge < -0.3 is 20.4 Å². The fraction of sp³-hybridized carbons (Fsp3) is 0.900. The third-order valence-electron chi connectivity index (χ3n) is 7.76. The van der Waals surface area contributed by atoms with Crippen LogP contribution < -0.4 is 0 Å². The van der Waals surface area contributed by atoms with E-state index in [1.807, 2.05) is 6.92 Å². The van der Waals surface area contributed by atoms with Crippen LogP contribution in [-0.4, -0.2) is 45.8 Å². The fourth-order valence-corrected chi connectivity index (χ4v) is 6.46. The molecule has 3 rings (SSSR count). The van der Waals surface area contributed by atoms with Gasteiger partial charge in [-0.2, -0.15) is 0 Å². The zero-order chi connectivity index (χ0) is 17.8. The van der Waals surface area contributed by atoms with Crippen LogP contribution in [0.25, 0.3) is 0 Å². The second-order valence-corrected chi connectivity index (χ2v) is 9.49. The van der Waals surface area contributed by atoms with E-state index in [4.69, 9.17) is 0 Å². The summed E-state index contributed by atoms with van der Waals surface area (Å²) in [6.45, 7) is 6.41. The lowest BCUT2D eigenvalue weighted by Crippen LogP contribution is -2.56. The molecule has 0 amide bonds. The van der Waals surface area contributed by atoms with E-state index in [0.29, 0.717) is 18.3 Å². The maximum atomic E-state index is 10.5. The summed E-state index contributed by atoms with van der Waals surface area (Å²) in [4.78, 5) is 0. The lowest BCUT2D eigenvalue weighted by Gasteiger charge is -2.61. The highest BCUT2D eigenvalue weighted by Crippen LogP contribution is 2.63. The Labute approximate surface area is 145 Å². The van der Waals surface area contributed by atoms with Crippen LogP contribution in [0.2, 0.25) is 0 Å². The van der Waals surface area contributed by atoms with E-state index in [1.54, 1.807) is 0 Å². The van der Waals surface area contributed by atoms with Crippen LogP contribution in [0.15, 0.2) is 11.6 Å². The zero-order valence-corrected chi connectivity index (χ0v) is 15.3. The van der Waals surface area contributed by atoms with Gasteiger partial charge in [-0.1, -0.05) is 32.4 Å². The number of hydrogen-bond acceptors (Lipinski definition) is 4. The van der Waals surface area contributed by atoms with Crippen molar-refractivity contribution in [3.8, 4) is 0 Å². The molecule has 0 aromatic heterocycles. The molecule has 0 radical (unpaired) electrons. The number of fused-ring (bicyclic) bond motifs is 3. The van der Waals surface area contributed by atoms with Crippen molar-refractivity contribution in [2.75, 3.05) is 13.2 Å². The first-order chi connectivity index (χ1) is 11.2. The molecular weight excluding hydrogens is 304 g/mol. The van der Waals surface area contributed by atoms with Crippen LogP contribution in [0, 0.1) is 28.1 Å². The summed E-state index contributed by atoms with van der Waals surface area (Å²) in [6, 6.07) is 0. The lowest BCUT2D eigenvalue weighted by molar-refractivity contribution is -0.134. The Hall–Kier alpha value is -0.420. The SMILES string of the molecule is C[C@@]1(CO)C[C@@H](O)C[C@@]2(C)C3CC[C@](C)(C(O)CO)C=C3CC[C@H]12. The Morgan fingerprint density at radius 3 is 2.50 bits per heavy atom. The summed E-state index contributed by atoms with van der Waals surface area (Å²) in [5.41, 5.74) is 0.843. The summed E-state index contributed by atoms with van der Waals surface area (Å²) in [5, 5.41) is 40.1. The molecule has 0 saturated heterocycles. The second-order valence-electron chi connectivity index (χ2n) is 9.49. The predicted octanol–water partition coefficient (Wildman–Crippen LogP) is 2.25. The Balaban J connectivity index is 1.95. The Morgan fingerprint density at radius 1 is 1.17 bits per heavy atom. The van der Waals surface area contributed by atoms with Gasteiger partial charge >= 0.3 is 0 Å². The summed E-state index contributed by atoms with van der Waals surface area (Å²) in [5.74, 6) is 0.837. The van der Waals surface area contributed by atoms with E-state index in [9.17, 15) is 20.4 Å². The van der Waals surface area contributed by atoms with Crippen LogP contribution >= 0.6 is 0 Å². The molecule has 0 aromatic rings. The standard InChI is InChI=1S/C20H34O4/c1-18(17(24)11-21)7-6-15-13(8-18)4-5-16-19(2,12-22)9-14(23)10-20(15,16)3/h8,14-17,21-24H,4-7,9-12H2,1-3H3/t14-,15?,16-,17?,18+,19+,20+/m1/s1. The lowest BCUT2D eigenvalue weighted by atomic mass is 9.44. The van der Waals surface area contributed by atoms with Crippen molar-refractivity contribution in [3.05, 3.63) is 11.6 Å². The van der Waals surface area contributed by atoms with E-state index >= 15 is 0 Å². The zero-order valence-electron chi connectivity index (χ0n) is 15.3. The highest BCUT2D eigenvalue weighted by atomic mass is 16.3. The highest BCUT2D eigenvalue weighted by Gasteiger charge is 2.57. The van der Waals surface area contributed by atoms with Gasteiger partial charge in [0.2, 0.25) is 0 Å². The van der Waals surface area contributed by atoms with E-state index in [-0.39, 0.29) is 35.6 Å². The first kappa shape index (κ1) is 18.4. The van der Waals surface area contributed by atoms with Gasteiger partial charge in [-0.05, 0) is 61.2 Å². The molecule has 0 aromatic carbocycles. The first-order valence-electron chi connectivity index (χ1n) is 9.48. The summed E-state index contributed by atoms with van der Waals surface area (Å²) in [7, 11) is 0. The van der Waals surface area contributed by atoms with Gasteiger partial charge in [0.1, 0.15) is 0 Å². The molecule has 7 atom stereocenters. The molecule has 0 aliphatic heterocycles. The first-order valence-corrected chi connectivity index (χ1v) is 9.48. The van der Waals surface area contributed by atoms with Crippen molar-refractivity contribution in [2.45, 2.75) is 71.5 Å². The maximum absolute atomic E-state index is 10.5. The predicted molar refractivity (Wildman–Crippen MR) is 93.3 cm³/mol. The van der Waals surface area contributed by atoms with E-state index in [1.165, 1.54) is 5.57 Å². The molecule has 2 unspecified atom stereocenters. The third kappa shape index (κ3) is 2.66. The largest absolute Gasteiger partial charge is 0.396 e. The van der Waals surface area contributed by atoms with Crippen molar-refractivity contribution in [2.24, 2.45) is 28.1 Å². The summed E-state index contributed by atoms with van der Waals surface area (Å²) in [6.07, 6.45) is 6.54. The molecule has 2 saturated carbocycles. The minimum atomic E-state index is -0.712. The van der Waals surface area contributed by atoms with E-state index < -0.39 is 6.10 Å². The quantitative estimate of drug-likeness (QED) is 0.595. The topological polar surface area (TPSA) is 80.9 Å². The number of aliphatic hydroxyl groups excluding tert-OH is 4. The average molecular weight is 338 g/mol. The molecule has 24 heavy (non-hydrogen) atoms. The molecule has 138 valence electrons. The fourth-order valence-electron chi connectivity index (χ4n) is 6.46. The van der Waals surface area contributed by atoms with E-state index in [2.05, 4.69) is 19.9 Å². The molecule has 4 nitrogen and oxygen atoms in total. The van der Waals surface area contributed by atoms with Crippen LogP contribution in [-0.2, 0) is 0 Å². The van der Waals surface area contributed by atoms with Crippen LogP contribution in [0.5, 0.6) is 0 Å². The molecule has 4 heteroatoms. The van der Waals surface area contributed by atoms with Gasteiger partial charge in [0, 0.05) is 12.0 Å². The van der Waals surface area contributed by atoms with Crippen LogP contribution in [0.3, 0.4) is 0 Å². The average Bonchev–Trinajstić information content (AvgIpc) is 2.52. The van der Waals surface area contributed by atoms with Crippen molar-refractivity contribution < 1.29 is 20.4 Å². The number of hydrogen-bond donors (Lipinski definition) is 4. The number of aliphatic hydroxyl groups is 4. The minimum Gasteiger partial charge on any atom is -0.396 e. The monoisotopic (exact) mass is 338 g/mol. The maximum Gasteiger partial charge on any atom is 0.0858 e. The minimum absolute atomic E-state index is 0.00469. The highest BCUT2D eigenvalue weighted by molar-refractivity contribution is 5.25. The molecule has 0 heterocycles. The number of rotatable bonds is 3. The smallest absolute Gasteiger partial charge is 0.0858 e. The Bertz CT molecular complexity index is 518. The Morgan fingerprint density at radius 2 is 1.88 bits per heavy atom. The van der Waals surface area contributed by atoms with Crippen molar-refractivity contribution in [1.82, 2.24) is 0 Å². The Kier molecular flexibility index (Phi) is 4.66. The molecular formula is C20H34O4. The summed E-state index contributed by atoms with van der Waals surface area (Å²) < 4.78 is 0. The molecule has 4 N–H and O–H groups in total. The van der Waals surface area contributed by atoms with Gasteiger partial charge in [0.05, 0.1) is 18.8 Å². The van der Waals surface area contributed by atoms with Crippen LogP contribution in [0.4, 0.5) is 0 Å². The van der Waals surface area contributed by atoms with Crippen LogP contribution in [0.1, 0.15) is 59.3 Å². The van der Waals surface area contributed by atoms with Crippen molar-refractivity contribution in [3.63, 3.8) is 0 Å². The van der Waals surface area contributed by atoms with E-state index in [0.717, 1.165) is 32.1 Å². The van der Waals surface area contributed by atoms with Gasteiger partial charge in [-0.15, -0.1) is 0 Å². The third-order valence-corrected chi connectivity index (χ3v) is 7.76. The van der Waals surface area contributed by atoms with Crippen molar-refractivity contribution in [1.29, 1.82) is 0 Å². The molecule has 3 aliphatic rings. The normalized spacial score (nSPS) is 49.8. The van der Waals surface area contributed by atoms with Gasteiger partial charge in [-0.3, -0.25) is 0 Å². The van der Waals surface area contributed by atoms with Gasteiger partial charge in [0.25, 0.3) is 0 Å². The molecule has 2 fully saturated rings. The summed E-state index contributed by atoms with van der Waals surface area (Å²) >= 11 is 0. The second kappa shape index (κ2) is 6.08.